The van der Waals surface area contributed by atoms with Gasteiger partial charge in [-0.25, -0.2) is 9.97 Å². The van der Waals surface area contributed by atoms with Gasteiger partial charge in [0.05, 0.1) is 11.4 Å². The van der Waals surface area contributed by atoms with Gasteiger partial charge in [-0.3, -0.25) is 4.68 Å². The summed E-state index contributed by atoms with van der Waals surface area (Å²) in [5, 5.41) is 8.16. The SMILES string of the molecule is Cc1nccc(-c2cccc(-c3ccn(CC4CCNC4)n3)c2)n1. The average Bonchev–Trinajstić information content (AvgIpc) is 3.27. The largest absolute Gasteiger partial charge is 0.316 e. The lowest BCUT2D eigenvalue weighted by molar-refractivity contribution is 0.450. The highest BCUT2D eigenvalue weighted by Crippen LogP contribution is 2.24. The Balaban J connectivity index is 1.58. The molecule has 0 saturated carbocycles. The maximum atomic E-state index is 4.75. The summed E-state index contributed by atoms with van der Waals surface area (Å²) in [5.74, 6) is 1.47. The van der Waals surface area contributed by atoms with Crippen molar-refractivity contribution in [2.24, 2.45) is 5.92 Å². The van der Waals surface area contributed by atoms with E-state index in [2.05, 4.69) is 56.5 Å². The molecule has 1 aromatic carbocycles. The number of hydrogen-bond donors (Lipinski definition) is 1. The van der Waals surface area contributed by atoms with E-state index in [1.165, 1.54) is 6.42 Å². The van der Waals surface area contributed by atoms with Crippen LogP contribution in [0.2, 0.25) is 0 Å². The maximum absolute atomic E-state index is 4.75. The molecule has 1 saturated heterocycles. The molecule has 4 rings (SSSR count). The minimum Gasteiger partial charge on any atom is -0.316 e. The molecule has 1 atom stereocenters. The molecule has 1 N–H and O–H groups in total. The predicted octanol–water partition coefficient (Wildman–Crippen LogP) is 2.93. The van der Waals surface area contributed by atoms with Crippen LogP contribution in [-0.2, 0) is 6.54 Å². The molecule has 1 fully saturated rings. The lowest BCUT2D eigenvalue weighted by Crippen LogP contribution is -2.14. The van der Waals surface area contributed by atoms with Crippen molar-refractivity contribution in [3.63, 3.8) is 0 Å². The zero-order valence-corrected chi connectivity index (χ0v) is 13.8. The summed E-state index contributed by atoms with van der Waals surface area (Å²) in [7, 11) is 0. The van der Waals surface area contributed by atoms with Crippen LogP contribution in [0.4, 0.5) is 0 Å². The molecular weight excluding hydrogens is 298 g/mol. The van der Waals surface area contributed by atoms with Crippen LogP contribution in [0, 0.1) is 12.8 Å². The van der Waals surface area contributed by atoms with Crippen LogP contribution in [-0.4, -0.2) is 32.8 Å². The molecule has 0 spiro atoms. The summed E-state index contributed by atoms with van der Waals surface area (Å²) in [6, 6.07) is 12.4. The topological polar surface area (TPSA) is 55.6 Å². The van der Waals surface area contributed by atoms with E-state index in [4.69, 9.17) is 5.10 Å². The average molecular weight is 319 g/mol. The van der Waals surface area contributed by atoms with Gasteiger partial charge in [-0.15, -0.1) is 0 Å². The fraction of sp³-hybridized carbons (Fsp3) is 0.316. The number of aromatic nitrogens is 4. The molecule has 0 amide bonds. The third-order valence-electron chi connectivity index (χ3n) is 4.48. The first-order valence-corrected chi connectivity index (χ1v) is 8.42. The molecule has 1 aliphatic rings. The van der Waals surface area contributed by atoms with E-state index in [-0.39, 0.29) is 0 Å². The van der Waals surface area contributed by atoms with Crippen molar-refractivity contribution in [2.45, 2.75) is 19.9 Å². The molecule has 1 aliphatic heterocycles. The standard InChI is InChI=1S/C19H21N5/c1-14-21-9-6-18(22-14)16-3-2-4-17(11-16)19-7-10-24(23-19)13-15-5-8-20-12-15/h2-4,6-7,9-11,15,20H,5,8,12-13H2,1H3. The van der Waals surface area contributed by atoms with Crippen LogP contribution in [0.25, 0.3) is 22.5 Å². The monoisotopic (exact) mass is 319 g/mol. The second-order valence-electron chi connectivity index (χ2n) is 6.35. The van der Waals surface area contributed by atoms with Gasteiger partial charge in [0.2, 0.25) is 0 Å². The number of benzene rings is 1. The Morgan fingerprint density at radius 2 is 2.04 bits per heavy atom. The minimum absolute atomic E-state index is 0.688. The van der Waals surface area contributed by atoms with Crippen molar-refractivity contribution in [2.75, 3.05) is 13.1 Å². The van der Waals surface area contributed by atoms with Gasteiger partial charge in [0.15, 0.2) is 0 Å². The maximum Gasteiger partial charge on any atom is 0.125 e. The summed E-state index contributed by atoms with van der Waals surface area (Å²) in [6.45, 7) is 5.11. The van der Waals surface area contributed by atoms with Gasteiger partial charge in [0, 0.05) is 30.1 Å². The third kappa shape index (κ3) is 3.21. The third-order valence-corrected chi connectivity index (χ3v) is 4.48. The van der Waals surface area contributed by atoms with Crippen LogP contribution < -0.4 is 5.32 Å². The number of aryl methyl sites for hydroxylation is 1. The number of hydrogen-bond acceptors (Lipinski definition) is 4. The normalized spacial score (nSPS) is 17.3. The van der Waals surface area contributed by atoms with E-state index >= 15 is 0 Å². The van der Waals surface area contributed by atoms with E-state index in [0.717, 1.165) is 48.0 Å². The fourth-order valence-electron chi connectivity index (χ4n) is 3.21. The van der Waals surface area contributed by atoms with E-state index in [0.29, 0.717) is 5.92 Å². The fourth-order valence-corrected chi connectivity index (χ4v) is 3.21. The summed E-state index contributed by atoms with van der Waals surface area (Å²) in [4.78, 5) is 8.67. The first-order chi connectivity index (χ1) is 11.8. The van der Waals surface area contributed by atoms with Crippen molar-refractivity contribution < 1.29 is 0 Å². The Hall–Kier alpha value is -2.53. The Morgan fingerprint density at radius 1 is 1.17 bits per heavy atom. The Morgan fingerprint density at radius 3 is 2.83 bits per heavy atom. The van der Waals surface area contributed by atoms with Crippen LogP contribution in [0.3, 0.4) is 0 Å². The highest BCUT2D eigenvalue weighted by atomic mass is 15.3. The van der Waals surface area contributed by atoms with Gasteiger partial charge in [0.1, 0.15) is 5.82 Å². The molecule has 1 unspecified atom stereocenters. The molecular formula is C19H21N5. The molecule has 5 heteroatoms. The Bertz CT molecular complexity index is 833. The zero-order chi connectivity index (χ0) is 16.4. The van der Waals surface area contributed by atoms with Crippen LogP contribution in [0.5, 0.6) is 0 Å². The van der Waals surface area contributed by atoms with Gasteiger partial charge in [0.25, 0.3) is 0 Å². The number of nitrogens with one attached hydrogen (secondary N) is 1. The predicted molar refractivity (Wildman–Crippen MR) is 94.4 cm³/mol. The van der Waals surface area contributed by atoms with Gasteiger partial charge >= 0.3 is 0 Å². The van der Waals surface area contributed by atoms with E-state index in [1.807, 2.05) is 13.0 Å². The van der Waals surface area contributed by atoms with Gasteiger partial charge in [-0.2, -0.15) is 5.10 Å². The molecule has 0 bridgehead atoms. The zero-order valence-electron chi connectivity index (χ0n) is 13.8. The molecule has 0 aliphatic carbocycles. The highest BCUT2D eigenvalue weighted by molar-refractivity contribution is 5.69. The summed E-state index contributed by atoms with van der Waals surface area (Å²) >= 11 is 0. The first-order valence-electron chi connectivity index (χ1n) is 8.42. The van der Waals surface area contributed by atoms with Gasteiger partial charge < -0.3 is 5.32 Å². The van der Waals surface area contributed by atoms with Gasteiger partial charge in [-0.1, -0.05) is 18.2 Å². The molecule has 3 aromatic rings. The number of nitrogens with zero attached hydrogens (tertiary/aromatic N) is 4. The van der Waals surface area contributed by atoms with E-state index < -0.39 is 0 Å². The van der Waals surface area contributed by atoms with Crippen molar-refractivity contribution in [1.29, 1.82) is 0 Å². The van der Waals surface area contributed by atoms with Crippen LogP contribution in [0.1, 0.15) is 12.2 Å². The number of rotatable bonds is 4. The molecule has 3 heterocycles. The second kappa shape index (κ2) is 6.53. The lowest BCUT2D eigenvalue weighted by Gasteiger charge is -2.08. The van der Waals surface area contributed by atoms with Crippen molar-refractivity contribution >= 4 is 0 Å². The van der Waals surface area contributed by atoms with Gasteiger partial charge in [-0.05, 0) is 50.6 Å². The first kappa shape index (κ1) is 15.0. The van der Waals surface area contributed by atoms with Crippen molar-refractivity contribution in [1.82, 2.24) is 25.1 Å². The molecule has 0 radical (unpaired) electrons. The highest BCUT2D eigenvalue weighted by Gasteiger charge is 2.15. The molecule has 24 heavy (non-hydrogen) atoms. The van der Waals surface area contributed by atoms with Crippen molar-refractivity contribution in [3.05, 3.63) is 54.6 Å². The molecule has 122 valence electrons. The smallest absolute Gasteiger partial charge is 0.125 e. The quantitative estimate of drug-likeness (QED) is 0.803. The van der Waals surface area contributed by atoms with Crippen molar-refractivity contribution in [3.8, 4) is 22.5 Å². The second-order valence-corrected chi connectivity index (χ2v) is 6.35. The summed E-state index contributed by atoms with van der Waals surface area (Å²) < 4.78 is 2.06. The van der Waals surface area contributed by atoms with E-state index in [9.17, 15) is 0 Å². The minimum atomic E-state index is 0.688. The molecule has 5 nitrogen and oxygen atoms in total. The van der Waals surface area contributed by atoms with Crippen LogP contribution >= 0.6 is 0 Å². The summed E-state index contributed by atoms with van der Waals surface area (Å²) in [5.41, 5.74) is 4.16. The Kier molecular flexibility index (Phi) is 4.09. The van der Waals surface area contributed by atoms with Crippen LogP contribution in [0.15, 0.2) is 48.8 Å². The van der Waals surface area contributed by atoms with E-state index in [1.54, 1.807) is 6.20 Å². The Labute approximate surface area is 141 Å². The summed E-state index contributed by atoms with van der Waals surface area (Å²) in [6.07, 6.45) is 5.11. The molecule has 2 aromatic heterocycles. The lowest BCUT2D eigenvalue weighted by atomic mass is 10.1.